The molecule has 0 aliphatic carbocycles. The summed E-state index contributed by atoms with van der Waals surface area (Å²) < 4.78 is 0.319. The lowest BCUT2D eigenvalue weighted by Crippen LogP contribution is -1.90. The van der Waals surface area contributed by atoms with E-state index in [4.69, 9.17) is 5.11 Å². The van der Waals surface area contributed by atoms with Crippen LogP contribution in [0, 0.1) is 10.1 Å². The van der Waals surface area contributed by atoms with E-state index in [0.717, 1.165) is 6.08 Å². The van der Waals surface area contributed by atoms with Crippen molar-refractivity contribution in [1.29, 1.82) is 0 Å². The minimum Gasteiger partial charge on any atom is -0.478 e. The van der Waals surface area contributed by atoms with E-state index in [0.29, 0.717) is 10.0 Å². The summed E-state index contributed by atoms with van der Waals surface area (Å²) in [5.41, 5.74) is 0.525. The zero-order valence-corrected chi connectivity index (χ0v) is 8.97. The van der Waals surface area contributed by atoms with Crippen LogP contribution in [0.1, 0.15) is 5.56 Å². The topological polar surface area (TPSA) is 80.4 Å². The first-order valence-electron chi connectivity index (χ1n) is 3.85. The number of hydrogen-bond donors (Lipinski definition) is 1. The summed E-state index contributed by atoms with van der Waals surface area (Å²) in [5.74, 6) is -1.07. The van der Waals surface area contributed by atoms with E-state index in [-0.39, 0.29) is 5.69 Å². The Morgan fingerprint density at radius 1 is 1.53 bits per heavy atom. The van der Waals surface area contributed by atoms with Crippen molar-refractivity contribution < 1.29 is 14.8 Å². The first kappa shape index (κ1) is 11.4. The van der Waals surface area contributed by atoms with Gasteiger partial charge >= 0.3 is 5.97 Å². The van der Waals surface area contributed by atoms with Crippen LogP contribution < -0.4 is 0 Å². The minimum absolute atomic E-state index is 0.0533. The van der Waals surface area contributed by atoms with E-state index in [1.54, 1.807) is 0 Å². The molecule has 0 unspecified atom stereocenters. The molecule has 0 heterocycles. The highest BCUT2D eigenvalue weighted by Gasteiger charge is 2.10. The standard InChI is InChI=1S/C9H6BrNO4/c10-7-5-6(2-4-9(12)13)1-3-8(7)11(14)15/h1-5H,(H,12,13)/b4-2+. The molecule has 0 bridgehead atoms. The van der Waals surface area contributed by atoms with Gasteiger partial charge in [-0.25, -0.2) is 4.79 Å². The lowest BCUT2D eigenvalue weighted by Gasteiger charge is -1.96. The monoisotopic (exact) mass is 271 g/mol. The number of nitro benzene ring substituents is 1. The molecule has 0 aliphatic heterocycles. The maximum Gasteiger partial charge on any atom is 0.328 e. The predicted octanol–water partition coefficient (Wildman–Crippen LogP) is 2.46. The van der Waals surface area contributed by atoms with Crippen LogP contribution in [0.15, 0.2) is 28.7 Å². The molecule has 1 N–H and O–H groups in total. The number of rotatable bonds is 3. The Labute approximate surface area is 93.3 Å². The van der Waals surface area contributed by atoms with Crippen LogP contribution in [-0.2, 0) is 4.79 Å². The average Bonchev–Trinajstić information content (AvgIpc) is 2.14. The fourth-order valence-electron chi connectivity index (χ4n) is 0.942. The van der Waals surface area contributed by atoms with Crippen LogP contribution in [0.3, 0.4) is 0 Å². The number of aliphatic carboxylic acids is 1. The molecular formula is C9H6BrNO4. The number of carbonyl (C=O) groups is 1. The Morgan fingerprint density at radius 2 is 2.20 bits per heavy atom. The van der Waals surface area contributed by atoms with E-state index >= 15 is 0 Å². The van der Waals surface area contributed by atoms with Crippen LogP contribution >= 0.6 is 15.9 Å². The Morgan fingerprint density at radius 3 is 2.67 bits per heavy atom. The highest BCUT2D eigenvalue weighted by atomic mass is 79.9. The lowest BCUT2D eigenvalue weighted by molar-refractivity contribution is -0.385. The average molecular weight is 272 g/mol. The molecule has 0 aromatic heterocycles. The Balaban J connectivity index is 3.01. The summed E-state index contributed by atoms with van der Waals surface area (Å²) in [6.45, 7) is 0. The predicted molar refractivity (Wildman–Crippen MR) is 57.5 cm³/mol. The second-order valence-electron chi connectivity index (χ2n) is 2.64. The van der Waals surface area contributed by atoms with Gasteiger partial charge in [0.15, 0.2) is 0 Å². The summed E-state index contributed by atoms with van der Waals surface area (Å²) in [6, 6.07) is 4.27. The molecule has 78 valence electrons. The number of nitrogens with zero attached hydrogens (tertiary/aromatic N) is 1. The quantitative estimate of drug-likeness (QED) is 0.520. The highest BCUT2D eigenvalue weighted by Crippen LogP contribution is 2.25. The third-order valence-electron chi connectivity index (χ3n) is 1.59. The van der Waals surface area contributed by atoms with Crippen molar-refractivity contribution in [2.45, 2.75) is 0 Å². The second-order valence-corrected chi connectivity index (χ2v) is 3.49. The van der Waals surface area contributed by atoms with Gasteiger partial charge in [0.2, 0.25) is 0 Å². The van der Waals surface area contributed by atoms with Crippen molar-refractivity contribution in [3.05, 3.63) is 44.4 Å². The fraction of sp³-hybridized carbons (Fsp3) is 0. The Hall–Kier alpha value is -1.69. The van der Waals surface area contributed by atoms with Gasteiger partial charge in [-0.15, -0.1) is 0 Å². The van der Waals surface area contributed by atoms with E-state index in [9.17, 15) is 14.9 Å². The molecular weight excluding hydrogens is 266 g/mol. The summed E-state index contributed by atoms with van der Waals surface area (Å²) in [5, 5.41) is 18.8. The molecule has 0 radical (unpaired) electrons. The molecule has 0 atom stereocenters. The lowest BCUT2D eigenvalue weighted by atomic mass is 10.2. The van der Waals surface area contributed by atoms with Gasteiger partial charge in [-0.05, 0) is 39.7 Å². The number of nitro groups is 1. The molecule has 0 amide bonds. The van der Waals surface area contributed by atoms with Gasteiger partial charge in [0.25, 0.3) is 5.69 Å². The number of hydrogen-bond acceptors (Lipinski definition) is 3. The Kier molecular flexibility index (Phi) is 3.56. The van der Waals surface area contributed by atoms with E-state index in [1.807, 2.05) is 0 Å². The molecule has 5 nitrogen and oxygen atoms in total. The van der Waals surface area contributed by atoms with Crippen molar-refractivity contribution in [2.24, 2.45) is 0 Å². The van der Waals surface area contributed by atoms with Gasteiger partial charge in [0.05, 0.1) is 9.40 Å². The maximum atomic E-state index is 10.5. The molecule has 0 fully saturated rings. The van der Waals surface area contributed by atoms with E-state index in [1.165, 1.54) is 24.3 Å². The molecule has 0 saturated carbocycles. The molecule has 1 aromatic rings. The summed E-state index contributed by atoms with van der Waals surface area (Å²) in [7, 11) is 0. The highest BCUT2D eigenvalue weighted by molar-refractivity contribution is 9.10. The van der Waals surface area contributed by atoms with E-state index in [2.05, 4.69) is 15.9 Å². The van der Waals surface area contributed by atoms with Crippen LogP contribution in [0.5, 0.6) is 0 Å². The largest absolute Gasteiger partial charge is 0.478 e. The molecule has 15 heavy (non-hydrogen) atoms. The van der Waals surface area contributed by atoms with Crippen molar-refractivity contribution in [1.82, 2.24) is 0 Å². The first-order valence-corrected chi connectivity index (χ1v) is 4.65. The number of carboxylic acids is 1. The molecule has 1 rings (SSSR count). The normalized spacial score (nSPS) is 10.5. The van der Waals surface area contributed by atoms with Crippen LogP contribution in [0.4, 0.5) is 5.69 Å². The van der Waals surface area contributed by atoms with Gasteiger partial charge in [0, 0.05) is 12.1 Å². The van der Waals surface area contributed by atoms with Crippen molar-refractivity contribution in [3.8, 4) is 0 Å². The fourth-order valence-corrected chi connectivity index (χ4v) is 1.48. The Bertz CT molecular complexity index is 442. The van der Waals surface area contributed by atoms with Crippen molar-refractivity contribution >= 4 is 33.7 Å². The summed E-state index contributed by atoms with van der Waals surface area (Å²) >= 11 is 3.03. The van der Waals surface area contributed by atoms with E-state index < -0.39 is 10.9 Å². The number of halogens is 1. The first-order chi connectivity index (χ1) is 7.00. The smallest absolute Gasteiger partial charge is 0.328 e. The molecule has 1 aromatic carbocycles. The van der Waals surface area contributed by atoms with Gasteiger partial charge in [0.1, 0.15) is 0 Å². The van der Waals surface area contributed by atoms with Crippen LogP contribution in [0.25, 0.3) is 6.08 Å². The van der Waals surface area contributed by atoms with Gasteiger partial charge < -0.3 is 5.11 Å². The van der Waals surface area contributed by atoms with Crippen molar-refractivity contribution in [2.75, 3.05) is 0 Å². The van der Waals surface area contributed by atoms with Crippen LogP contribution in [-0.4, -0.2) is 16.0 Å². The summed E-state index contributed by atoms with van der Waals surface area (Å²) in [4.78, 5) is 20.2. The third-order valence-corrected chi connectivity index (χ3v) is 2.22. The van der Waals surface area contributed by atoms with Crippen molar-refractivity contribution in [3.63, 3.8) is 0 Å². The van der Waals surface area contributed by atoms with Gasteiger partial charge in [-0.2, -0.15) is 0 Å². The SMILES string of the molecule is O=C(O)/C=C/c1ccc([N+](=O)[O-])c(Br)c1. The molecule has 6 heteroatoms. The zero-order valence-electron chi connectivity index (χ0n) is 7.38. The summed E-state index contributed by atoms with van der Waals surface area (Å²) in [6.07, 6.45) is 2.32. The minimum atomic E-state index is -1.07. The van der Waals surface area contributed by atoms with Gasteiger partial charge in [-0.3, -0.25) is 10.1 Å². The second kappa shape index (κ2) is 4.70. The van der Waals surface area contributed by atoms with Crippen LogP contribution in [0.2, 0.25) is 0 Å². The maximum absolute atomic E-state index is 10.5. The number of carboxylic acid groups (broad SMARTS) is 1. The zero-order chi connectivity index (χ0) is 11.4. The third kappa shape index (κ3) is 3.17. The molecule has 0 spiro atoms. The van der Waals surface area contributed by atoms with Gasteiger partial charge in [-0.1, -0.05) is 0 Å². The molecule has 0 saturated heterocycles. The number of benzene rings is 1. The molecule has 0 aliphatic rings.